The molecule has 0 aliphatic heterocycles. The molecule has 4 unspecified atom stereocenters. The molecule has 6 nitrogen and oxygen atoms in total. The Labute approximate surface area is 127 Å². The van der Waals surface area contributed by atoms with Crippen molar-refractivity contribution in [3.05, 3.63) is 0 Å². The van der Waals surface area contributed by atoms with Crippen LogP contribution in [-0.2, 0) is 28.0 Å². The van der Waals surface area contributed by atoms with Crippen LogP contribution in [0.1, 0.15) is 51.4 Å². The van der Waals surface area contributed by atoms with E-state index < -0.39 is 0 Å². The predicted molar refractivity (Wildman–Crippen MR) is 78.6 cm³/mol. The van der Waals surface area contributed by atoms with Crippen molar-refractivity contribution < 1.29 is 28.0 Å². The zero-order valence-electron chi connectivity index (χ0n) is 11.7. The molecule has 0 aromatic heterocycles. The van der Waals surface area contributed by atoms with Crippen molar-refractivity contribution in [2.24, 2.45) is 22.9 Å². The molecule has 2 aliphatic carbocycles. The fourth-order valence-corrected chi connectivity index (χ4v) is 2.38. The van der Waals surface area contributed by atoms with Gasteiger partial charge in [-0.15, -0.1) is 0 Å². The van der Waals surface area contributed by atoms with E-state index in [1.807, 2.05) is 0 Å². The maximum atomic E-state index is 5.65. The van der Waals surface area contributed by atoms with Gasteiger partial charge in [0, 0.05) is 41.2 Å². The van der Waals surface area contributed by atoms with E-state index in [0.717, 1.165) is 25.7 Å². The van der Waals surface area contributed by atoms with Crippen LogP contribution >= 0.6 is 0 Å². The third kappa shape index (κ3) is 9.76. The molecule has 0 aromatic rings. The van der Waals surface area contributed by atoms with Crippen LogP contribution in [0, 0.1) is 0 Å². The zero-order chi connectivity index (χ0) is 12.0. The van der Waals surface area contributed by atoms with Crippen LogP contribution in [0.15, 0.2) is 0 Å². The van der Waals surface area contributed by atoms with Crippen LogP contribution in [0.4, 0.5) is 0 Å². The maximum Gasteiger partial charge on any atom is 0.0192 e. The maximum absolute atomic E-state index is 5.65. The summed E-state index contributed by atoms with van der Waals surface area (Å²) < 4.78 is 0. The molecular formula is C12H34CuN4O2+2. The van der Waals surface area contributed by atoms with Gasteiger partial charge in [-0.1, -0.05) is 25.7 Å². The van der Waals surface area contributed by atoms with Crippen LogP contribution in [-0.4, -0.2) is 24.2 Å². The Bertz CT molecular complexity index is 161. The Morgan fingerprint density at radius 1 is 0.474 bits per heavy atom. The van der Waals surface area contributed by atoms with E-state index in [1.54, 1.807) is 0 Å². The first kappa shape index (κ1) is 24.3. The van der Waals surface area contributed by atoms with Crippen LogP contribution in [0.2, 0.25) is 0 Å². The van der Waals surface area contributed by atoms with Gasteiger partial charge in [-0.3, -0.25) is 0 Å². The van der Waals surface area contributed by atoms with E-state index in [0.29, 0.717) is 0 Å². The van der Waals surface area contributed by atoms with Crippen molar-refractivity contribution in [1.29, 1.82) is 0 Å². The second-order valence-corrected chi connectivity index (χ2v) is 5.22. The summed E-state index contributed by atoms with van der Waals surface area (Å²) in [5.41, 5.74) is 22.6. The van der Waals surface area contributed by atoms with Crippen LogP contribution in [0.3, 0.4) is 0 Å². The minimum absolute atomic E-state index is 0. The topological polar surface area (TPSA) is 170 Å². The van der Waals surface area contributed by atoms with E-state index in [1.165, 1.54) is 25.7 Å². The van der Waals surface area contributed by atoms with Gasteiger partial charge in [0.05, 0.1) is 0 Å². The molecule has 0 aromatic carbocycles. The van der Waals surface area contributed by atoms with Gasteiger partial charge in [0.15, 0.2) is 0 Å². The molecule has 7 heteroatoms. The monoisotopic (exact) mass is 329 g/mol. The molecule has 2 rings (SSSR count). The summed E-state index contributed by atoms with van der Waals surface area (Å²) in [4.78, 5) is 0. The molecule has 1 radical (unpaired) electrons. The summed E-state index contributed by atoms with van der Waals surface area (Å²) in [5.74, 6) is 0. The Morgan fingerprint density at radius 2 is 0.632 bits per heavy atom. The van der Waals surface area contributed by atoms with Crippen LogP contribution in [0.5, 0.6) is 0 Å². The van der Waals surface area contributed by atoms with Gasteiger partial charge >= 0.3 is 0 Å². The van der Waals surface area contributed by atoms with E-state index in [9.17, 15) is 0 Å². The molecular weight excluding hydrogens is 296 g/mol. The molecule has 2 saturated carbocycles. The number of hydrogen-bond acceptors (Lipinski definition) is 4. The molecule has 0 heterocycles. The van der Waals surface area contributed by atoms with Crippen molar-refractivity contribution in [2.75, 3.05) is 0 Å². The van der Waals surface area contributed by atoms with Gasteiger partial charge in [-0.25, -0.2) is 0 Å². The largest absolute Gasteiger partial charge is 0.457 e. The van der Waals surface area contributed by atoms with Gasteiger partial charge in [-0.05, 0) is 25.7 Å². The number of nitrogens with two attached hydrogens (primary N) is 4. The minimum atomic E-state index is 0. The summed E-state index contributed by atoms with van der Waals surface area (Å²) in [7, 11) is 0. The summed E-state index contributed by atoms with van der Waals surface area (Å²) >= 11 is 0. The average molecular weight is 330 g/mol. The van der Waals surface area contributed by atoms with Gasteiger partial charge in [0.2, 0.25) is 0 Å². The molecule has 2 aliphatic rings. The van der Waals surface area contributed by atoms with Gasteiger partial charge in [0.1, 0.15) is 0 Å². The standard InChI is InChI=1S/2C6H14N2.Cu.2H2O/c2*7-5-3-1-2-4-6(5)8;;;/h2*5-6H,1-4,7-8H2;;2*1H2/p+2. The Hall–Kier alpha value is 0.279. The minimum Gasteiger partial charge on any atom is -0.457 e. The third-order valence-electron chi connectivity index (χ3n) is 3.75. The molecule has 123 valence electrons. The normalized spacial score (nSPS) is 33.5. The Balaban J connectivity index is -0.000000233. The summed E-state index contributed by atoms with van der Waals surface area (Å²) in [6.45, 7) is 0. The van der Waals surface area contributed by atoms with Crippen molar-refractivity contribution in [3.8, 4) is 0 Å². The molecule has 0 spiro atoms. The summed E-state index contributed by atoms with van der Waals surface area (Å²) in [5, 5.41) is 0. The van der Waals surface area contributed by atoms with E-state index in [2.05, 4.69) is 0 Å². The molecule has 14 N–H and O–H groups in total. The van der Waals surface area contributed by atoms with E-state index in [-0.39, 0.29) is 52.2 Å². The first-order chi connectivity index (χ1) is 7.61. The molecule has 0 amide bonds. The van der Waals surface area contributed by atoms with Gasteiger partial charge < -0.3 is 33.9 Å². The third-order valence-corrected chi connectivity index (χ3v) is 3.75. The summed E-state index contributed by atoms with van der Waals surface area (Å²) in [6, 6.07) is 1.12. The van der Waals surface area contributed by atoms with Crippen LogP contribution in [0.25, 0.3) is 0 Å². The van der Waals surface area contributed by atoms with Gasteiger partial charge in [0.25, 0.3) is 0 Å². The fraction of sp³-hybridized carbons (Fsp3) is 1.00. The quantitative estimate of drug-likeness (QED) is 0.316. The van der Waals surface area contributed by atoms with E-state index >= 15 is 0 Å². The smallest absolute Gasteiger partial charge is 0.0192 e. The van der Waals surface area contributed by atoms with Crippen molar-refractivity contribution in [1.82, 2.24) is 0 Å². The first-order valence-electron chi connectivity index (χ1n) is 6.63. The van der Waals surface area contributed by atoms with Crippen molar-refractivity contribution in [3.63, 3.8) is 0 Å². The van der Waals surface area contributed by atoms with E-state index in [4.69, 9.17) is 22.9 Å². The zero-order valence-corrected chi connectivity index (χ0v) is 12.7. The molecule has 2 fully saturated rings. The van der Waals surface area contributed by atoms with Crippen LogP contribution < -0.4 is 22.9 Å². The number of hydrogen-bond donors (Lipinski definition) is 4. The van der Waals surface area contributed by atoms with Crippen molar-refractivity contribution in [2.45, 2.75) is 75.5 Å². The fourth-order valence-electron chi connectivity index (χ4n) is 2.38. The molecule has 0 bridgehead atoms. The SMILES string of the molecule is NC1CCCCC1N.NC1CCCCC1N.[Cu].[OH3+].[OH3+]. The average Bonchev–Trinajstić information content (AvgIpc) is 2.28. The Morgan fingerprint density at radius 3 is 0.737 bits per heavy atom. The Kier molecular flexibility index (Phi) is 17.0. The van der Waals surface area contributed by atoms with Gasteiger partial charge in [-0.2, -0.15) is 0 Å². The summed E-state index contributed by atoms with van der Waals surface area (Å²) in [6.07, 6.45) is 9.60. The first-order valence-corrected chi connectivity index (χ1v) is 6.63. The number of rotatable bonds is 0. The second kappa shape index (κ2) is 13.3. The molecule has 0 saturated heterocycles. The second-order valence-electron chi connectivity index (χ2n) is 5.22. The van der Waals surface area contributed by atoms with Crippen molar-refractivity contribution >= 4 is 0 Å². The predicted octanol–water partition coefficient (Wildman–Crippen LogP) is -1.42. The molecule has 4 atom stereocenters. The molecule has 19 heavy (non-hydrogen) atoms.